The molecule has 3 amide bonds. The zero-order chi connectivity index (χ0) is 34.3. The molecule has 258 valence electrons. The molecule has 6 nitrogen and oxygen atoms in total. The van der Waals surface area contributed by atoms with Gasteiger partial charge in [-0.3, -0.25) is 14.4 Å². The maximum absolute atomic E-state index is 13.3. The number of hydrogen-bond acceptors (Lipinski definition) is 3. The molecule has 0 aromatic heterocycles. The van der Waals surface area contributed by atoms with Crippen LogP contribution in [-0.2, 0) is 19.3 Å². The van der Waals surface area contributed by atoms with Crippen molar-refractivity contribution in [3.8, 4) is 0 Å². The number of rotatable bonds is 24. The Labute approximate surface area is 276 Å². The lowest BCUT2D eigenvalue weighted by molar-refractivity contribution is 0.0998. The highest BCUT2D eigenvalue weighted by molar-refractivity contribution is 6.09. The molecule has 0 heterocycles. The average molecular weight is 628 g/mol. The third-order valence-electron chi connectivity index (χ3n) is 9.97. The molecule has 0 aliphatic rings. The fourth-order valence-corrected chi connectivity index (χ4v) is 7.98. The first-order valence-electron chi connectivity index (χ1n) is 18.3. The van der Waals surface area contributed by atoms with E-state index in [1.54, 1.807) is 0 Å². The van der Waals surface area contributed by atoms with Crippen LogP contribution in [0, 0.1) is 35.5 Å². The third kappa shape index (κ3) is 13.5. The summed E-state index contributed by atoms with van der Waals surface area (Å²) < 4.78 is 0. The second-order valence-corrected chi connectivity index (χ2v) is 15.0. The summed E-state index contributed by atoms with van der Waals surface area (Å²) in [6.45, 7) is 20.2. The molecule has 0 saturated carbocycles. The standard InChI is InChI=1S/C39H69N3O3/c1-10-13-25(4)22-28(7)16-19-31-34(37(40)43)32(20-17-29(8)23-26(5)14-11-2)36(39(42)45)33(35(31)38(41)44)21-18-30(9)24-27(6)15-12-3/h25-30H,10-24H2,1-9H3,(H2,40,43)(H2,41,44)(H2,42,45). The van der Waals surface area contributed by atoms with E-state index < -0.39 is 17.7 Å². The molecule has 6 atom stereocenters. The molecule has 1 aromatic rings. The molecule has 6 unspecified atom stereocenters. The molecule has 6 heteroatoms. The second kappa shape index (κ2) is 20.7. The van der Waals surface area contributed by atoms with Crippen molar-refractivity contribution < 1.29 is 14.4 Å². The average Bonchev–Trinajstić information content (AvgIpc) is 2.92. The number of primary amides is 3. The van der Waals surface area contributed by atoms with Crippen LogP contribution in [0.25, 0.3) is 0 Å². The highest BCUT2D eigenvalue weighted by Gasteiger charge is 2.31. The number of carbonyl (C=O) groups is 3. The smallest absolute Gasteiger partial charge is 0.249 e. The summed E-state index contributed by atoms with van der Waals surface area (Å²) in [5.74, 6) is 1.17. The molecule has 0 fully saturated rings. The van der Waals surface area contributed by atoms with Gasteiger partial charge in [-0.15, -0.1) is 0 Å². The van der Waals surface area contributed by atoms with E-state index in [9.17, 15) is 14.4 Å². The summed E-state index contributed by atoms with van der Waals surface area (Å²) in [5.41, 5.74) is 21.1. The van der Waals surface area contributed by atoms with Crippen LogP contribution in [-0.4, -0.2) is 17.7 Å². The highest BCUT2D eigenvalue weighted by Crippen LogP contribution is 2.35. The Morgan fingerprint density at radius 1 is 0.422 bits per heavy atom. The van der Waals surface area contributed by atoms with Gasteiger partial charge in [0.15, 0.2) is 0 Å². The fourth-order valence-electron chi connectivity index (χ4n) is 7.98. The van der Waals surface area contributed by atoms with Crippen LogP contribution in [0.3, 0.4) is 0 Å². The van der Waals surface area contributed by atoms with E-state index >= 15 is 0 Å². The van der Waals surface area contributed by atoms with Crippen molar-refractivity contribution in [1.82, 2.24) is 0 Å². The Morgan fingerprint density at radius 3 is 0.800 bits per heavy atom. The van der Waals surface area contributed by atoms with Gasteiger partial charge in [0, 0.05) is 16.7 Å². The summed E-state index contributed by atoms with van der Waals surface area (Å²) in [7, 11) is 0. The van der Waals surface area contributed by atoms with E-state index in [1.165, 1.54) is 19.3 Å². The number of hydrogen-bond donors (Lipinski definition) is 3. The largest absolute Gasteiger partial charge is 0.366 e. The van der Waals surface area contributed by atoms with E-state index in [2.05, 4.69) is 62.3 Å². The summed E-state index contributed by atoms with van der Waals surface area (Å²) in [4.78, 5) is 39.9. The fraction of sp³-hybridized carbons (Fsp3) is 0.769. The van der Waals surface area contributed by atoms with E-state index in [1.807, 2.05) is 0 Å². The lowest BCUT2D eigenvalue weighted by Gasteiger charge is -2.26. The van der Waals surface area contributed by atoms with Gasteiger partial charge in [0.25, 0.3) is 0 Å². The molecule has 0 saturated heterocycles. The van der Waals surface area contributed by atoms with Crippen LogP contribution in [0.4, 0.5) is 0 Å². The van der Waals surface area contributed by atoms with Crippen LogP contribution < -0.4 is 17.2 Å². The Balaban J connectivity index is 3.77. The summed E-state index contributed by atoms with van der Waals surface area (Å²) in [5, 5.41) is 0. The monoisotopic (exact) mass is 628 g/mol. The van der Waals surface area contributed by atoms with Crippen LogP contribution in [0.15, 0.2) is 0 Å². The third-order valence-corrected chi connectivity index (χ3v) is 9.97. The predicted molar refractivity (Wildman–Crippen MR) is 191 cm³/mol. The van der Waals surface area contributed by atoms with E-state index in [-0.39, 0.29) is 0 Å². The van der Waals surface area contributed by atoms with Gasteiger partial charge in [-0.2, -0.15) is 0 Å². The number of benzene rings is 1. The van der Waals surface area contributed by atoms with Crippen molar-refractivity contribution in [1.29, 1.82) is 0 Å². The van der Waals surface area contributed by atoms with E-state index in [0.717, 1.165) is 57.8 Å². The van der Waals surface area contributed by atoms with Gasteiger partial charge in [-0.05, 0) is 110 Å². The Morgan fingerprint density at radius 2 is 0.622 bits per heavy atom. The lowest BCUT2D eigenvalue weighted by atomic mass is 9.78. The molecule has 6 N–H and O–H groups in total. The van der Waals surface area contributed by atoms with Crippen molar-refractivity contribution >= 4 is 17.7 Å². The molecule has 0 bridgehead atoms. The lowest BCUT2D eigenvalue weighted by Crippen LogP contribution is -2.30. The van der Waals surface area contributed by atoms with Crippen LogP contribution in [0.1, 0.15) is 187 Å². The second-order valence-electron chi connectivity index (χ2n) is 15.0. The summed E-state index contributed by atoms with van der Waals surface area (Å²) in [6.07, 6.45) is 14.2. The number of amides is 3. The van der Waals surface area contributed by atoms with Crippen molar-refractivity contribution in [2.75, 3.05) is 0 Å². The van der Waals surface area contributed by atoms with Crippen LogP contribution >= 0.6 is 0 Å². The minimum Gasteiger partial charge on any atom is -0.366 e. The van der Waals surface area contributed by atoms with Gasteiger partial charge in [0.2, 0.25) is 17.7 Å². The molecule has 0 aliphatic heterocycles. The van der Waals surface area contributed by atoms with Crippen molar-refractivity contribution in [3.05, 3.63) is 33.4 Å². The minimum absolute atomic E-state index is 0.300. The van der Waals surface area contributed by atoms with Gasteiger partial charge in [0.05, 0.1) is 0 Å². The van der Waals surface area contributed by atoms with Gasteiger partial charge >= 0.3 is 0 Å². The molecule has 45 heavy (non-hydrogen) atoms. The molecule has 0 aliphatic carbocycles. The SMILES string of the molecule is CCCC(C)CC(C)CCc1c(C(N)=O)c(CCC(C)CC(C)CCC)c(C(N)=O)c(CCC(C)CC(C)CCC)c1C(N)=O. The van der Waals surface area contributed by atoms with Gasteiger partial charge in [0.1, 0.15) is 0 Å². The molecular weight excluding hydrogens is 558 g/mol. The van der Waals surface area contributed by atoms with Gasteiger partial charge < -0.3 is 17.2 Å². The zero-order valence-corrected chi connectivity index (χ0v) is 30.5. The first-order chi connectivity index (χ1) is 21.2. The normalized spacial score (nSPS) is 15.7. The van der Waals surface area contributed by atoms with E-state index in [0.29, 0.717) is 88.2 Å². The summed E-state index contributed by atoms with van der Waals surface area (Å²) >= 11 is 0. The van der Waals surface area contributed by atoms with Gasteiger partial charge in [-0.1, -0.05) is 101 Å². The Hall–Kier alpha value is -2.37. The molecule has 0 spiro atoms. The number of carbonyl (C=O) groups excluding carboxylic acids is 3. The molecule has 0 radical (unpaired) electrons. The summed E-state index contributed by atoms with van der Waals surface area (Å²) in [6, 6.07) is 0. The zero-order valence-electron chi connectivity index (χ0n) is 30.5. The topological polar surface area (TPSA) is 129 Å². The molecular formula is C39H69N3O3. The quantitative estimate of drug-likeness (QED) is 0.106. The van der Waals surface area contributed by atoms with Crippen molar-refractivity contribution in [2.45, 2.75) is 159 Å². The number of nitrogens with two attached hydrogens (primary N) is 3. The first-order valence-corrected chi connectivity index (χ1v) is 18.3. The molecule has 1 aromatic carbocycles. The van der Waals surface area contributed by atoms with Crippen molar-refractivity contribution in [2.24, 2.45) is 52.7 Å². The van der Waals surface area contributed by atoms with E-state index in [4.69, 9.17) is 17.2 Å². The first kappa shape index (κ1) is 40.7. The maximum atomic E-state index is 13.3. The maximum Gasteiger partial charge on any atom is 0.249 e. The Kier molecular flexibility index (Phi) is 18.7. The Bertz CT molecular complexity index is 927. The van der Waals surface area contributed by atoms with Crippen molar-refractivity contribution in [3.63, 3.8) is 0 Å². The van der Waals surface area contributed by atoms with Crippen LogP contribution in [0.2, 0.25) is 0 Å². The molecule has 1 rings (SSSR count). The minimum atomic E-state index is -0.614. The predicted octanol–water partition coefficient (Wildman–Crippen LogP) is 9.17. The van der Waals surface area contributed by atoms with Crippen LogP contribution in [0.5, 0.6) is 0 Å². The highest BCUT2D eigenvalue weighted by atomic mass is 16.2. The van der Waals surface area contributed by atoms with Gasteiger partial charge in [-0.25, -0.2) is 0 Å².